The topological polar surface area (TPSA) is 123 Å². The first-order valence-corrected chi connectivity index (χ1v) is 12.0. The highest BCUT2D eigenvalue weighted by molar-refractivity contribution is 6.04. The van der Waals surface area contributed by atoms with Crippen molar-refractivity contribution in [2.24, 2.45) is 0 Å². The first kappa shape index (κ1) is 23.2. The molecule has 3 aliphatic rings. The number of likely N-dealkylation sites (N-methyl/N-ethyl adjacent to an activating group) is 1. The predicted molar refractivity (Wildman–Crippen MR) is 126 cm³/mol. The van der Waals surface area contributed by atoms with Gasteiger partial charge >= 0.3 is 0 Å². The van der Waals surface area contributed by atoms with Crippen LogP contribution in [-0.4, -0.2) is 70.5 Å². The minimum absolute atomic E-state index is 0.0238. The summed E-state index contributed by atoms with van der Waals surface area (Å²) >= 11 is 0. The molecular weight excluding hydrogens is 450 g/mol. The van der Waals surface area contributed by atoms with Gasteiger partial charge < -0.3 is 25.0 Å². The summed E-state index contributed by atoms with van der Waals surface area (Å²) in [5.74, 6) is -0.184. The van der Waals surface area contributed by atoms with Crippen LogP contribution in [0, 0.1) is 0 Å². The Labute approximate surface area is 203 Å². The Morgan fingerprint density at radius 1 is 1.17 bits per heavy atom. The molecule has 3 amide bonds. The van der Waals surface area contributed by atoms with E-state index in [0.717, 1.165) is 19.3 Å². The van der Waals surface area contributed by atoms with E-state index >= 15 is 0 Å². The van der Waals surface area contributed by atoms with Crippen LogP contribution in [0.5, 0.6) is 5.75 Å². The Kier molecular flexibility index (Phi) is 6.63. The lowest BCUT2D eigenvalue weighted by Gasteiger charge is -2.42. The summed E-state index contributed by atoms with van der Waals surface area (Å²) in [6, 6.07) is 5.09. The Morgan fingerprint density at radius 3 is 2.77 bits per heavy atom. The van der Waals surface area contributed by atoms with E-state index in [1.54, 1.807) is 30.1 Å². The van der Waals surface area contributed by atoms with Crippen molar-refractivity contribution in [3.05, 3.63) is 48.0 Å². The molecule has 10 nitrogen and oxygen atoms in total. The van der Waals surface area contributed by atoms with E-state index in [9.17, 15) is 14.4 Å². The lowest BCUT2D eigenvalue weighted by Crippen LogP contribution is -2.54. The molecule has 3 atom stereocenters. The first-order chi connectivity index (χ1) is 17.0. The third kappa shape index (κ3) is 5.12. The molecule has 1 aromatic heterocycles. The van der Waals surface area contributed by atoms with Crippen LogP contribution in [0.1, 0.15) is 59.4 Å². The van der Waals surface area contributed by atoms with Crippen molar-refractivity contribution in [1.82, 2.24) is 20.2 Å². The standard InChI is InChI=1S/C25H29N5O5/c1-30-20-7-6-17(12-23(31)28-15-3-2-4-15)35-22(20)14-34-21-8-5-16(11-18(21)25(30)33)29-24(32)19-13-26-9-10-27-19/h5,8-11,13,15,17,20,22H,2-4,6-7,12,14H2,1H3,(H,28,31)(H,29,32)/t17-,20-,22+/m0/s1. The van der Waals surface area contributed by atoms with Gasteiger partial charge in [0.15, 0.2) is 0 Å². The molecule has 1 aliphatic carbocycles. The molecular formula is C25H29N5O5. The number of benzene rings is 1. The minimum Gasteiger partial charge on any atom is -0.490 e. The molecule has 0 bridgehead atoms. The summed E-state index contributed by atoms with van der Waals surface area (Å²) in [6.07, 6.45) is 8.78. The molecule has 2 aliphatic heterocycles. The van der Waals surface area contributed by atoms with Gasteiger partial charge in [0, 0.05) is 31.2 Å². The smallest absolute Gasteiger partial charge is 0.275 e. The van der Waals surface area contributed by atoms with Gasteiger partial charge in [-0.25, -0.2) is 4.98 Å². The number of hydrogen-bond acceptors (Lipinski definition) is 7. The summed E-state index contributed by atoms with van der Waals surface area (Å²) in [5, 5.41) is 5.82. The maximum absolute atomic E-state index is 13.4. The van der Waals surface area contributed by atoms with E-state index in [1.165, 1.54) is 25.0 Å². The first-order valence-electron chi connectivity index (χ1n) is 12.0. The number of aromatic nitrogens is 2. The number of hydrogen-bond donors (Lipinski definition) is 2. The molecule has 10 heteroatoms. The molecule has 2 fully saturated rings. The maximum Gasteiger partial charge on any atom is 0.275 e. The highest BCUT2D eigenvalue weighted by Crippen LogP contribution is 2.32. The summed E-state index contributed by atoms with van der Waals surface area (Å²) in [5.41, 5.74) is 1.00. The van der Waals surface area contributed by atoms with Crippen LogP contribution < -0.4 is 15.4 Å². The van der Waals surface area contributed by atoms with Crippen LogP contribution in [0.3, 0.4) is 0 Å². The Hall–Kier alpha value is -3.53. The predicted octanol–water partition coefficient (Wildman–Crippen LogP) is 2.17. The van der Waals surface area contributed by atoms with Gasteiger partial charge in [-0.2, -0.15) is 0 Å². The Bertz CT molecular complexity index is 1110. The van der Waals surface area contributed by atoms with Gasteiger partial charge in [-0.15, -0.1) is 0 Å². The average molecular weight is 480 g/mol. The number of fused-ring (bicyclic) bond motifs is 2. The van der Waals surface area contributed by atoms with Crippen LogP contribution in [0.25, 0.3) is 0 Å². The molecule has 2 N–H and O–H groups in total. The maximum atomic E-state index is 13.4. The van der Waals surface area contributed by atoms with Crippen LogP contribution >= 0.6 is 0 Å². The molecule has 0 spiro atoms. The van der Waals surface area contributed by atoms with Crippen molar-refractivity contribution in [2.75, 3.05) is 19.0 Å². The van der Waals surface area contributed by atoms with Crippen LogP contribution in [0.2, 0.25) is 0 Å². The van der Waals surface area contributed by atoms with Gasteiger partial charge in [0.1, 0.15) is 24.2 Å². The third-order valence-electron chi connectivity index (χ3n) is 6.95. The molecule has 5 rings (SSSR count). The number of carbonyl (C=O) groups excluding carboxylic acids is 3. The monoisotopic (exact) mass is 479 g/mol. The van der Waals surface area contributed by atoms with Crippen molar-refractivity contribution >= 4 is 23.4 Å². The zero-order chi connectivity index (χ0) is 24.4. The van der Waals surface area contributed by atoms with E-state index in [2.05, 4.69) is 20.6 Å². The number of rotatable bonds is 5. The van der Waals surface area contributed by atoms with Crippen molar-refractivity contribution in [1.29, 1.82) is 0 Å². The number of amides is 3. The summed E-state index contributed by atoms with van der Waals surface area (Å²) in [4.78, 5) is 47.7. The summed E-state index contributed by atoms with van der Waals surface area (Å²) < 4.78 is 12.2. The molecule has 1 saturated heterocycles. The summed E-state index contributed by atoms with van der Waals surface area (Å²) in [7, 11) is 1.76. The number of carbonyl (C=O) groups is 3. The lowest BCUT2D eigenvalue weighted by atomic mass is 9.92. The van der Waals surface area contributed by atoms with Gasteiger partial charge in [-0.3, -0.25) is 19.4 Å². The highest BCUT2D eigenvalue weighted by atomic mass is 16.5. The zero-order valence-electron chi connectivity index (χ0n) is 19.6. The highest BCUT2D eigenvalue weighted by Gasteiger charge is 2.39. The SMILES string of the molecule is CN1C(=O)c2cc(NC(=O)c3cnccn3)ccc2OC[C@H]2O[C@H](CC(=O)NC3CCC3)CC[C@@H]21. The fourth-order valence-electron chi connectivity index (χ4n) is 4.76. The van der Waals surface area contributed by atoms with Crippen LogP contribution in [0.15, 0.2) is 36.8 Å². The molecule has 184 valence electrons. The molecule has 1 saturated carbocycles. The molecule has 2 aromatic rings. The molecule has 3 heterocycles. The average Bonchev–Trinajstić information content (AvgIpc) is 2.84. The fraction of sp³-hybridized carbons (Fsp3) is 0.480. The fourth-order valence-corrected chi connectivity index (χ4v) is 4.76. The van der Waals surface area contributed by atoms with Gasteiger partial charge in [0.05, 0.1) is 30.3 Å². The van der Waals surface area contributed by atoms with Crippen molar-refractivity contribution < 1.29 is 23.9 Å². The summed E-state index contributed by atoms with van der Waals surface area (Å²) in [6.45, 7) is 0.265. The second-order valence-electron chi connectivity index (χ2n) is 9.32. The lowest BCUT2D eigenvalue weighted by molar-refractivity contribution is -0.135. The Balaban J connectivity index is 1.26. The van der Waals surface area contributed by atoms with Gasteiger partial charge in [-0.05, 0) is 50.3 Å². The van der Waals surface area contributed by atoms with E-state index < -0.39 is 5.91 Å². The molecule has 1 aromatic carbocycles. The second kappa shape index (κ2) is 9.99. The van der Waals surface area contributed by atoms with E-state index in [0.29, 0.717) is 35.9 Å². The molecule has 0 radical (unpaired) electrons. The molecule has 0 unspecified atom stereocenters. The second-order valence-corrected chi connectivity index (χ2v) is 9.32. The normalized spacial score (nSPS) is 24.1. The number of ether oxygens (including phenoxy) is 2. The number of nitrogens with zero attached hydrogens (tertiary/aromatic N) is 3. The van der Waals surface area contributed by atoms with Crippen LogP contribution in [0.4, 0.5) is 5.69 Å². The minimum atomic E-state index is -0.418. The van der Waals surface area contributed by atoms with Crippen LogP contribution in [-0.2, 0) is 9.53 Å². The quantitative estimate of drug-likeness (QED) is 0.674. The van der Waals surface area contributed by atoms with E-state index in [4.69, 9.17) is 9.47 Å². The number of nitrogens with one attached hydrogen (secondary N) is 2. The van der Waals surface area contributed by atoms with Crippen molar-refractivity contribution in [2.45, 2.75) is 62.8 Å². The van der Waals surface area contributed by atoms with Gasteiger partial charge in [-0.1, -0.05) is 0 Å². The van der Waals surface area contributed by atoms with Crippen molar-refractivity contribution in [3.8, 4) is 5.75 Å². The third-order valence-corrected chi connectivity index (χ3v) is 6.95. The van der Waals surface area contributed by atoms with Gasteiger partial charge in [0.25, 0.3) is 11.8 Å². The van der Waals surface area contributed by atoms with Gasteiger partial charge in [0.2, 0.25) is 5.91 Å². The Morgan fingerprint density at radius 2 is 2.03 bits per heavy atom. The van der Waals surface area contributed by atoms with Crippen molar-refractivity contribution in [3.63, 3.8) is 0 Å². The molecule has 35 heavy (non-hydrogen) atoms. The zero-order valence-corrected chi connectivity index (χ0v) is 19.6. The largest absolute Gasteiger partial charge is 0.490 e. The number of anilines is 1. The van der Waals surface area contributed by atoms with E-state index in [1.807, 2.05) is 0 Å². The van der Waals surface area contributed by atoms with E-state index in [-0.39, 0.29) is 42.4 Å².